The molecule has 5 heteroatoms. The first-order valence-corrected chi connectivity index (χ1v) is 2.93. The van der Waals surface area contributed by atoms with Crippen LogP contribution in [0.1, 0.15) is 0 Å². The van der Waals surface area contributed by atoms with Gasteiger partial charge in [0.2, 0.25) is 0 Å². The normalized spacial score (nSPS) is 9.00. The average molecular weight is 191 g/mol. The van der Waals surface area contributed by atoms with Crippen molar-refractivity contribution in [2.75, 3.05) is 0 Å². The maximum absolute atomic E-state index is 9.69. The zero-order valence-corrected chi connectivity index (χ0v) is 5.91. The van der Waals surface area contributed by atoms with E-state index in [-0.39, 0.29) is 0 Å². The van der Waals surface area contributed by atoms with E-state index in [4.69, 9.17) is 0 Å². The summed E-state index contributed by atoms with van der Waals surface area (Å²) in [5.41, 5.74) is 0. The Labute approximate surface area is 59.5 Å². The van der Waals surface area contributed by atoms with Gasteiger partial charge in [0.1, 0.15) is 0 Å². The van der Waals surface area contributed by atoms with Gasteiger partial charge in [-0.2, -0.15) is 0 Å². The lowest BCUT2D eigenvalue weighted by Gasteiger charge is -1.89. The highest BCUT2D eigenvalue weighted by molar-refractivity contribution is 9.10. The first-order chi connectivity index (χ1) is 4.33. The number of nitrogens with zero attached hydrogens (tertiary/aromatic N) is 2. The van der Waals surface area contributed by atoms with E-state index in [1.807, 2.05) is 0 Å². The second-order valence-electron chi connectivity index (χ2n) is 1.26. The third kappa shape index (κ3) is 1.53. The third-order valence-electron chi connectivity index (χ3n) is 0.680. The van der Waals surface area contributed by atoms with Gasteiger partial charge in [-0.1, -0.05) is 4.85 Å². The molecule has 0 aromatic carbocycles. The van der Waals surface area contributed by atoms with Gasteiger partial charge in [-0.3, -0.25) is 4.79 Å². The number of hydrogen-bond acceptors (Lipinski definition) is 3. The van der Waals surface area contributed by atoms with E-state index < -0.39 is 0 Å². The first-order valence-electron chi connectivity index (χ1n) is 2.14. The van der Waals surface area contributed by atoms with Crippen molar-refractivity contribution in [3.63, 3.8) is 0 Å². The molecule has 0 aliphatic carbocycles. The molecule has 1 aromatic rings. The zero-order chi connectivity index (χ0) is 6.69. The molecule has 0 aliphatic rings. The summed E-state index contributed by atoms with van der Waals surface area (Å²) < 4.78 is 0.768. The molecule has 48 valence electrons. The number of halogens is 1. The van der Waals surface area contributed by atoms with Gasteiger partial charge in [0.25, 0.3) is 0 Å². The quantitative estimate of drug-likeness (QED) is 0.628. The van der Waals surface area contributed by atoms with E-state index in [1.165, 1.54) is 12.4 Å². The summed E-state index contributed by atoms with van der Waals surface area (Å²) in [5.74, 6) is 0. The van der Waals surface area contributed by atoms with E-state index in [0.29, 0.717) is 6.47 Å². The van der Waals surface area contributed by atoms with Crippen LogP contribution in [-0.4, -0.2) is 16.4 Å². The number of carbonyl (C=O) groups is 1. The van der Waals surface area contributed by atoms with Crippen molar-refractivity contribution in [3.05, 3.63) is 16.9 Å². The maximum Gasteiger partial charge on any atom is 0.323 e. The van der Waals surface area contributed by atoms with Crippen molar-refractivity contribution >= 4 is 22.4 Å². The van der Waals surface area contributed by atoms with Crippen LogP contribution in [0.3, 0.4) is 0 Å². The number of rotatable bonds is 2. The highest BCUT2D eigenvalue weighted by Crippen LogP contribution is 2.04. The highest BCUT2D eigenvalue weighted by Gasteiger charge is 1.91. The minimum Gasteiger partial charge on any atom is -0.323 e. The van der Waals surface area contributed by atoms with E-state index >= 15 is 0 Å². The van der Waals surface area contributed by atoms with E-state index in [9.17, 15) is 4.79 Å². The van der Waals surface area contributed by atoms with Gasteiger partial charge < -0.3 is 4.84 Å². The van der Waals surface area contributed by atoms with E-state index in [1.54, 1.807) is 0 Å². The lowest BCUT2D eigenvalue weighted by atomic mass is 10.8. The Bertz CT molecular complexity index is 210. The molecule has 0 amide bonds. The molecule has 0 fully saturated rings. The molecule has 0 radical (unpaired) electrons. The van der Waals surface area contributed by atoms with Gasteiger partial charge in [-0.05, 0) is 15.9 Å². The minimum atomic E-state index is 0.305. The van der Waals surface area contributed by atoms with Gasteiger partial charge >= 0.3 is 6.47 Å². The van der Waals surface area contributed by atoms with Crippen LogP contribution in [0.2, 0.25) is 0 Å². The largest absolute Gasteiger partial charge is 0.323 e. The van der Waals surface area contributed by atoms with E-state index in [0.717, 1.165) is 9.32 Å². The summed E-state index contributed by atoms with van der Waals surface area (Å²) in [7, 11) is 0. The summed E-state index contributed by atoms with van der Waals surface area (Å²) >= 11 is 3.12. The summed E-state index contributed by atoms with van der Waals surface area (Å²) in [6, 6.07) is 0. The van der Waals surface area contributed by atoms with Gasteiger partial charge in [0, 0.05) is 0 Å². The number of hydrogen-bond donors (Lipinski definition) is 0. The molecule has 1 heterocycles. The van der Waals surface area contributed by atoms with Gasteiger partial charge in [0.05, 0.1) is 16.9 Å². The molecule has 0 atom stereocenters. The van der Waals surface area contributed by atoms with Crippen LogP contribution in [0.5, 0.6) is 0 Å². The van der Waals surface area contributed by atoms with Crippen molar-refractivity contribution in [2.24, 2.45) is 0 Å². The Morgan fingerprint density at radius 1 is 1.89 bits per heavy atom. The van der Waals surface area contributed by atoms with Gasteiger partial charge in [-0.25, -0.2) is 0 Å². The molecule has 1 rings (SSSR count). The number of aromatic nitrogens is 2. The van der Waals surface area contributed by atoms with Crippen LogP contribution in [0.4, 0.5) is 0 Å². The van der Waals surface area contributed by atoms with Crippen molar-refractivity contribution in [3.8, 4) is 0 Å². The molecule has 4 nitrogen and oxygen atoms in total. The fourth-order valence-corrected chi connectivity index (χ4v) is 0.653. The van der Waals surface area contributed by atoms with Crippen LogP contribution >= 0.6 is 15.9 Å². The van der Waals surface area contributed by atoms with Crippen molar-refractivity contribution in [1.82, 2.24) is 9.94 Å². The predicted molar refractivity (Wildman–Crippen MR) is 32.6 cm³/mol. The molecule has 0 saturated heterocycles. The Balaban J connectivity index is 2.72. The fraction of sp³-hybridized carbons (Fsp3) is 0. The summed E-state index contributed by atoms with van der Waals surface area (Å²) in [4.78, 5) is 15.1. The van der Waals surface area contributed by atoms with Crippen molar-refractivity contribution in [2.45, 2.75) is 0 Å². The van der Waals surface area contributed by atoms with Crippen molar-refractivity contribution in [1.29, 1.82) is 0 Å². The lowest BCUT2D eigenvalue weighted by Crippen LogP contribution is -2.08. The lowest BCUT2D eigenvalue weighted by molar-refractivity contribution is -0.130. The molecule has 1 aromatic heterocycles. The smallest absolute Gasteiger partial charge is 0.323 e. The summed E-state index contributed by atoms with van der Waals surface area (Å²) in [5, 5.41) is 3.62. The molecular formula is C4H3BrN2O2. The Kier molecular flexibility index (Phi) is 1.84. The van der Waals surface area contributed by atoms with Crippen LogP contribution in [0.25, 0.3) is 0 Å². The number of carbonyl (C=O) groups excluding carboxylic acids is 1. The average Bonchev–Trinajstić information content (AvgIpc) is 2.17. The Morgan fingerprint density at radius 2 is 2.67 bits per heavy atom. The summed E-state index contributed by atoms with van der Waals surface area (Å²) in [6.45, 7) is 0.305. The van der Waals surface area contributed by atoms with Gasteiger partial charge in [0.15, 0.2) is 0 Å². The predicted octanol–water partition coefficient (Wildman–Crippen LogP) is 0.231. The SMILES string of the molecule is O=COn1cc(Br)cn1. The second kappa shape index (κ2) is 2.63. The monoisotopic (exact) mass is 190 g/mol. The third-order valence-corrected chi connectivity index (χ3v) is 1.09. The van der Waals surface area contributed by atoms with E-state index in [2.05, 4.69) is 25.9 Å². The molecule has 0 N–H and O–H groups in total. The zero-order valence-electron chi connectivity index (χ0n) is 4.32. The Morgan fingerprint density at radius 3 is 3.11 bits per heavy atom. The minimum absolute atomic E-state index is 0.305. The molecule has 0 unspecified atom stereocenters. The molecule has 9 heavy (non-hydrogen) atoms. The highest BCUT2D eigenvalue weighted by atomic mass is 79.9. The topological polar surface area (TPSA) is 44.1 Å². The van der Waals surface area contributed by atoms with Crippen LogP contribution in [0, 0.1) is 0 Å². The van der Waals surface area contributed by atoms with Crippen LogP contribution < -0.4 is 4.84 Å². The molecule has 0 saturated carbocycles. The first kappa shape index (κ1) is 6.28. The second-order valence-corrected chi connectivity index (χ2v) is 2.18. The standard InChI is InChI=1S/C4H3BrN2O2/c5-4-1-6-7(2-4)9-3-8/h1-3H. The Hall–Kier alpha value is -0.840. The van der Waals surface area contributed by atoms with Crippen LogP contribution in [-0.2, 0) is 4.79 Å². The maximum atomic E-state index is 9.69. The van der Waals surface area contributed by atoms with Gasteiger partial charge in [-0.15, -0.1) is 5.10 Å². The molecule has 0 spiro atoms. The fourth-order valence-electron chi connectivity index (χ4n) is 0.386. The summed E-state index contributed by atoms with van der Waals surface area (Å²) in [6.07, 6.45) is 3.04. The molecule has 0 bridgehead atoms. The van der Waals surface area contributed by atoms with Crippen molar-refractivity contribution < 1.29 is 9.63 Å². The molecular weight excluding hydrogens is 188 g/mol. The molecule has 0 aliphatic heterocycles. The van der Waals surface area contributed by atoms with Crippen LogP contribution in [0.15, 0.2) is 16.9 Å².